The van der Waals surface area contributed by atoms with Crippen molar-refractivity contribution in [3.8, 4) is 72.7 Å². The molecule has 0 atom stereocenters. The van der Waals surface area contributed by atoms with Gasteiger partial charge in [0.15, 0.2) is 0 Å². The van der Waals surface area contributed by atoms with Gasteiger partial charge in [-0.2, -0.15) is 0 Å². The lowest BCUT2D eigenvalue weighted by atomic mass is 9.84. The second-order valence-corrected chi connectivity index (χ2v) is 16.0. The third kappa shape index (κ3) is 6.33. The zero-order valence-corrected chi connectivity index (χ0v) is 34.2. The van der Waals surface area contributed by atoms with E-state index in [-0.39, 0.29) is 0 Å². The van der Waals surface area contributed by atoms with Gasteiger partial charge in [-0.3, -0.25) is 9.97 Å². The van der Waals surface area contributed by atoms with Gasteiger partial charge >= 0.3 is 0 Å². The van der Waals surface area contributed by atoms with Crippen LogP contribution in [-0.4, -0.2) is 14.5 Å². The van der Waals surface area contributed by atoms with Crippen LogP contribution in [0.1, 0.15) is 0 Å². The molecule has 0 aliphatic rings. The Morgan fingerprint density at radius 1 is 0.349 bits per heavy atom. The molecule has 0 fully saturated rings. The average Bonchev–Trinajstić information content (AvgIpc) is 3.69. The molecular formula is C60H37N3. The van der Waals surface area contributed by atoms with Gasteiger partial charge in [-0.25, -0.2) is 0 Å². The van der Waals surface area contributed by atoms with Gasteiger partial charge in [-0.15, -0.1) is 0 Å². The van der Waals surface area contributed by atoms with E-state index >= 15 is 0 Å². The molecule has 0 unspecified atom stereocenters. The molecule has 3 aromatic heterocycles. The molecule has 0 bridgehead atoms. The number of benzene rings is 8. The smallest absolute Gasteiger partial charge is 0.0893 e. The Bertz CT molecular complexity index is 3620. The second-order valence-electron chi connectivity index (χ2n) is 16.0. The minimum Gasteiger partial charge on any atom is -0.308 e. The van der Waals surface area contributed by atoms with Gasteiger partial charge in [0.2, 0.25) is 0 Å². The van der Waals surface area contributed by atoms with E-state index in [0.717, 1.165) is 77.5 Å². The Labute approximate surface area is 365 Å². The Balaban J connectivity index is 1.09. The summed E-state index contributed by atoms with van der Waals surface area (Å²) in [6.45, 7) is 0. The van der Waals surface area contributed by atoms with Crippen molar-refractivity contribution in [3.05, 3.63) is 237 Å². The summed E-state index contributed by atoms with van der Waals surface area (Å²) >= 11 is 0. The van der Waals surface area contributed by atoms with Gasteiger partial charge in [-0.05, 0) is 127 Å². The molecule has 0 saturated heterocycles. The number of pyridine rings is 2. The maximum absolute atomic E-state index is 4.92. The van der Waals surface area contributed by atoms with E-state index in [1.807, 2.05) is 36.7 Å². The zero-order chi connectivity index (χ0) is 41.7. The van der Waals surface area contributed by atoms with Crippen molar-refractivity contribution in [2.75, 3.05) is 0 Å². The Morgan fingerprint density at radius 2 is 0.905 bits per heavy atom. The van der Waals surface area contributed by atoms with Crippen LogP contribution in [0.4, 0.5) is 0 Å². The van der Waals surface area contributed by atoms with Crippen molar-refractivity contribution in [1.29, 1.82) is 0 Å². The SMILES string of the molecule is c1ccc2c(-c3ccc(-c4ccccc4)cc3)c3cc(-c4ccc5c(c4)c4cc(-c6ccccn6)ncc4n5-c4ccccc4)ccc3c(-c3ccc(-c4ccccc4)cc3)c2c#1. The largest absolute Gasteiger partial charge is 0.308 e. The minimum atomic E-state index is 0.847. The summed E-state index contributed by atoms with van der Waals surface area (Å²) in [5.41, 5.74) is 16.7. The Kier molecular flexibility index (Phi) is 8.73. The van der Waals surface area contributed by atoms with Crippen molar-refractivity contribution < 1.29 is 0 Å². The van der Waals surface area contributed by atoms with E-state index in [9.17, 15) is 0 Å². The highest BCUT2D eigenvalue weighted by Gasteiger charge is 2.20. The molecule has 0 saturated carbocycles. The third-order valence-electron chi connectivity index (χ3n) is 12.4. The third-order valence-corrected chi connectivity index (χ3v) is 12.4. The first-order chi connectivity index (χ1) is 31.2. The van der Waals surface area contributed by atoms with Crippen LogP contribution in [0.5, 0.6) is 0 Å². The van der Waals surface area contributed by atoms with Crippen molar-refractivity contribution in [3.63, 3.8) is 0 Å². The predicted octanol–water partition coefficient (Wildman–Crippen LogP) is 15.5. The monoisotopic (exact) mass is 799 g/mol. The minimum absolute atomic E-state index is 0.847. The zero-order valence-electron chi connectivity index (χ0n) is 34.2. The molecule has 292 valence electrons. The molecule has 0 spiro atoms. The Hall–Kier alpha value is -8.58. The van der Waals surface area contributed by atoms with Crippen LogP contribution in [0, 0.1) is 12.1 Å². The normalized spacial score (nSPS) is 11.4. The number of hydrogen-bond acceptors (Lipinski definition) is 2. The molecule has 0 aliphatic heterocycles. The number of nitrogens with zero attached hydrogens (tertiary/aromatic N) is 3. The van der Waals surface area contributed by atoms with Gasteiger partial charge < -0.3 is 4.57 Å². The summed E-state index contributed by atoms with van der Waals surface area (Å²) in [7, 11) is 0. The second kappa shape index (κ2) is 15.2. The van der Waals surface area contributed by atoms with Gasteiger partial charge in [0.25, 0.3) is 0 Å². The van der Waals surface area contributed by atoms with Crippen molar-refractivity contribution >= 4 is 43.4 Å². The van der Waals surface area contributed by atoms with E-state index in [2.05, 4.69) is 210 Å². The quantitative estimate of drug-likeness (QED) is 0.161. The Morgan fingerprint density at radius 3 is 1.57 bits per heavy atom. The fraction of sp³-hybridized carbons (Fsp3) is 0. The van der Waals surface area contributed by atoms with Crippen LogP contribution in [0.25, 0.3) is 116 Å². The standard InChI is InChI=1S/C60H37N3/c1-4-14-40(15-5-1)42-23-27-44(28-24-42)59-49-20-10-11-21-50(49)60(45-29-25-43(26-30-45)41-16-6-2-7-17-41)54-37-46(31-33-51(54)59)47-32-34-57-52(36-47)53-38-56(55-22-12-13-35-61-55)62-39-58(53)63(57)48-18-8-3-9-19-48/h1-9,11-19,21-39H. The molecule has 3 heterocycles. The summed E-state index contributed by atoms with van der Waals surface area (Å²) in [4.78, 5) is 9.57. The lowest BCUT2D eigenvalue weighted by molar-refractivity contribution is 1.16. The number of aromatic nitrogens is 3. The first-order valence-electron chi connectivity index (χ1n) is 21.3. The number of rotatable bonds is 7. The molecule has 0 aliphatic carbocycles. The van der Waals surface area contributed by atoms with Crippen LogP contribution in [-0.2, 0) is 0 Å². The fourth-order valence-electron chi connectivity index (χ4n) is 9.36. The number of hydrogen-bond donors (Lipinski definition) is 0. The molecule has 12 aromatic rings. The van der Waals surface area contributed by atoms with Crippen LogP contribution in [0.3, 0.4) is 0 Å². The van der Waals surface area contributed by atoms with Crippen LogP contribution in [0.2, 0.25) is 0 Å². The number of fused-ring (bicyclic) bond motifs is 5. The summed E-state index contributed by atoms with van der Waals surface area (Å²) < 4.78 is 2.32. The molecule has 0 radical (unpaired) electrons. The van der Waals surface area contributed by atoms with Crippen molar-refractivity contribution in [2.45, 2.75) is 0 Å². The molecule has 0 N–H and O–H groups in total. The van der Waals surface area contributed by atoms with Gasteiger partial charge in [0.05, 0.1) is 28.6 Å². The predicted molar refractivity (Wildman–Crippen MR) is 262 cm³/mol. The van der Waals surface area contributed by atoms with Crippen molar-refractivity contribution in [1.82, 2.24) is 14.5 Å². The topological polar surface area (TPSA) is 30.7 Å². The molecule has 9 aromatic carbocycles. The van der Waals surface area contributed by atoms with E-state index in [1.165, 1.54) is 38.6 Å². The molecule has 63 heavy (non-hydrogen) atoms. The van der Waals surface area contributed by atoms with E-state index in [1.54, 1.807) is 0 Å². The lowest BCUT2D eigenvalue weighted by Crippen LogP contribution is -1.94. The molecule has 0 amide bonds. The molecule has 3 nitrogen and oxygen atoms in total. The maximum Gasteiger partial charge on any atom is 0.0893 e. The first kappa shape index (κ1) is 36.3. The fourth-order valence-corrected chi connectivity index (χ4v) is 9.36. The van der Waals surface area contributed by atoms with Crippen molar-refractivity contribution in [2.24, 2.45) is 0 Å². The number of para-hydroxylation sites is 1. The van der Waals surface area contributed by atoms with E-state index in [4.69, 9.17) is 4.98 Å². The average molecular weight is 800 g/mol. The first-order valence-corrected chi connectivity index (χ1v) is 21.3. The highest BCUT2D eigenvalue weighted by molar-refractivity contribution is 6.22. The summed E-state index contributed by atoms with van der Waals surface area (Å²) in [6.07, 6.45) is 3.81. The lowest BCUT2D eigenvalue weighted by Gasteiger charge is -2.18. The van der Waals surface area contributed by atoms with Gasteiger partial charge in [0, 0.05) is 33.6 Å². The highest BCUT2D eigenvalue weighted by Crippen LogP contribution is 2.45. The van der Waals surface area contributed by atoms with Crippen LogP contribution >= 0.6 is 0 Å². The summed E-state index contributed by atoms with van der Waals surface area (Å²) in [5.74, 6) is 0. The van der Waals surface area contributed by atoms with E-state index < -0.39 is 0 Å². The highest BCUT2D eigenvalue weighted by atomic mass is 15.0. The molecule has 12 rings (SSSR count). The van der Waals surface area contributed by atoms with Crippen LogP contribution < -0.4 is 0 Å². The van der Waals surface area contributed by atoms with Crippen LogP contribution in [0.15, 0.2) is 225 Å². The maximum atomic E-state index is 4.92. The van der Waals surface area contributed by atoms with E-state index in [0.29, 0.717) is 0 Å². The molecule has 3 heteroatoms. The van der Waals surface area contributed by atoms with Gasteiger partial charge in [0.1, 0.15) is 0 Å². The molecular weight excluding hydrogens is 763 g/mol. The summed E-state index contributed by atoms with van der Waals surface area (Å²) in [6, 6.07) is 82.8. The summed E-state index contributed by atoms with van der Waals surface area (Å²) in [5, 5.41) is 6.84. The van der Waals surface area contributed by atoms with Gasteiger partial charge in [-0.1, -0.05) is 164 Å².